The summed E-state index contributed by atoms with van der Waals surface area (Å²) in [6.45, 7) is 6.34. The van der Waals surface area contributed by atoms with Crippen molar-refractivity contribution in [1.29, 1.82) is 0 Å². The van der Waals surface area contributed by atoms with Crippen molar-refractivity contribution in [3.05, 3.63) is 0 Å². The minimum Gasteiger partial charge on any atom is -1.00 e. The lowest BCUT2D eigenvalue weighted by molar-refractivity contribution is -0.880. The molecule has 1 atom stereocenters. The summed E-state index contributed by atoms with van der Waals surface area (Å²) in [5, 5.41) is 2.29. The highest BCUT2D eigenvalue weighted by atomic mass is 79.9. The molecule has 4 heteroatoms. The Morgan fingerprint density at radius 2 is 0.958 bits per heavy atom. The molecule has 0 heterocycles. The number of unbranched alkanes of at least 4 members (excludes halogenated alkanes) is 12. The van der Waals surface area contributed by atoms with Crippen LogP contribution in [0.25, 0.3) is 0 Å². The highest BCUT2D eigenvalue weighted by Crippen LogP contribution is 2.11. The molecule has 0 saturated heterocycles. The van der Waals surface area contributed by atoms with Crippen LogP contribution in [0.1, 0.15) is 96.8 Å². The predicted octanol–water partition coefficient (Wildman–Crippen LogP) is -2.82. The van der Waals surface area contributed by atoms with Gasteiger partial charge in [-0.1, -0.05) is 71.1 Å². The molecule has 0 aromatic carbocycles. The lowest BCUT2D eigenvalue weighted by atomic mass is 10.1. The Bertz CT molecular complexity index is 204. The molecule has 0 fully saturated rings. The highest BCUT2D eigenvalue weighted by molar-refractivity contribution is 4.48. The van der Waals surface area contributed by atoms with Gasteiger partial charge in [0.2, 0.25) is 0 Å². The van der Waals surface area contributed by atoms with E-state index in [0.717, 1.165) is 0 Å². The molecule has 0 saturated carbocycles. The van der Waals surface area contributed by atoms with Crippen LogP contribution in [0.2, 0.25) is 0 Å². The third-order valence-corrected chi connectivity index (χ3v) is 4.80. The standard InChI is InChI=1S/C20H44N2.2BrH/c1-4-5-6-7-8-9-10-11-12-13-14-16-19-22(3)20-17-15-18-21-2;;/h21H,4-20H2,1-3H3;2*1H. The first-order valence-electron chi connectivity index (χ1n) is 10.4. The number of nitrogens with two attached hydrogens (primary N) is 1. The minimum absolute atomic E-state index is 0. The summed E-state index contributed by atoms with van der Waals surface area (Å²) in [6.07, 6.45) is 20.3. The average molecular weight is 474 g/mol. The summed E-state index contributed by atoms with van der Waals surface area (Å²) in [6, 6.07) is 0. The summed E-state index contributed by atoms with van der Waals surface area (Å²) < 4.78 is 0. The molecule has 24 heavy (non-hydrogen) atoms. The largest absolute Gasteiger partial charge is 1.00 e. The zero-order valence-corrected chi connectivity index (χ0v) is 20.0. The molecule has 0 rings (SSSR count). The molecule has 0 aliphatic rings. The Hall–Kier alpha value is 0.880. The molecule has 0 aliphatic heterocycles. The van der Waals surface area contributed by atoms with E-state index in [1.807, 2.05) is 0 Å². The molecule has 0 amide bonds. The molecule has 0 aromatic heterocycles. The maximum Gasteiger partial charge on any atom is 0.0771 e. The van der Waals surface area contributed by atoms with Crippen molar-refractivity contribution >= 4 is 0 Å². The maximum absolute atomic E-state index is 2.37. The molecule has 3 N–H and O–H groups in total. The van der Waals surface area contributed by atoms with E-state index in [1.165, 1.54) is 110 Å². The molecule has 0 bridgehead atoms. The first-order chi connectivity index (χ1) is 10.8. The van der Waals surface area contributed by atoms with Crippen molar-refractivity contribution in [2.45, 2.75) is 96.8 Å². The van der Waals surface area contributed by atoms with E-state index in [9.17, 15) is 0 Å². The first-order valence-corrected chi connectivity index (χ1v) is 10.4. The molecule has 0 radical (unpaired) electrons. The van der Waals surface area contributed by atoms with Crippen LogP contribution >= 0.6 is 0 Å². The Kier molecular flexibility index (Phi) is 32.2. The van der Waals surface area contributed by atoms with E-state index >= 15 is 0 Å². The van der Waals surface area contributed by atoms with Crippen molar-refractivity contribution in [3.63, 3.8) is 0 Å². The third kappa shape index (κ3) is 25.1. The maximum atomic E-state index is 2.37. The molecule has 0 aliphatic carbocycles. The number of hydrogen-bond acceptors (Lipinski definition) is 0. The smallest absolute Gasteiger partial charge is 0.0771 e. The predicted molar refractivity (Wildman–Crippen MR) is 99.6 cm³/mol. The summed E-state index contributed by atoms with van der Waals surface area (Å²) in [4.78, 5) is 1.74. The summed E-state index contributed by atoms with van der Waals surface area (Å²) >= 11 is 0. The number of hydrogen-bond donors (Lipinski definition) is 2. The number of quaternary nitrogens is 2. The van der Waals surface area contributed by atoms with Gasteiger partial charge in [-0.2, -0.15) is 0 Å². The molecule has 1 unspecified atom stereocenters. The van der Waals surface area contributed by atoms with Gasteiger partial charge in [0.1, 0.15) is 0 Å². The Morgan fingerprint density at radius 1 is 0.583 bits per heavy atom. The van der Waals surface area contributed by atoms with Crippen molar-refractivity contribution in [2.24, 2.45) is 0 Å². The van der Waals surface area contributed by atoms with Gasteiger partial charge < -0.3 is 44.2 Å². The van der Waals surface area contributed by atoms with Crippen LogP contribution in [0.15, 0.2) is 0 Å². The fraction of sp³-hybridized carbons (Fsp3) is 1.00. The lowest BCUT2D eigenvalue weighted by Crippen LogP contribution is -3.09. The number of nitrogens with one attached hydrogen (secondary N) is 1. The quantitative estimate of drug-likeness (QED) is 0.200. The van der Waals surface area contributed by atoms with Crippen LogP contribution in [0.5, 0.6) is 0 Å². The topological polar surface area (TPSA) is 21.1 Å². The molecule has 2 nitrogen and oxygen atoms in total. The Labute approximate surface area is 174 Å². The van der Waals surface area contributed by atoms with Gasteiger partial charge in [0.05, 0.1) is 33.7 Å². The Balaban J connectivity index is -0.00000220. The van der Waals surface area contributed by atoms with Crippen LogP contribution in [-0.2, 0) is 0 Å². The van der Waals surface area contributed by atoms with Gasteiger partial charge in [-0.15, -0.1) is 0 Å². The van der Waals surface area contributed by atoms with Crippen LogP contribution in [0.4, 0.5) is 0 Å². The van der Waals surface area contributed by atoms with E-state index < -0.39 is 0 Å². The number of rotatable bonds is 18. The zero-order valence-electron chi connectivity index (χ0n) is 16.9. The van der Waals surface area contributed by atoms with Gasteiger partial charge >= 0.3 is 0 Å². The van der Waals surface area contributed by atoms with Gasteiger partial charge in [0, 0.05) is 12.8 Å². The second-order valence-electron chi connectivity index (χ2n) is 7.25. The van der Waals surface area contributed by atoms with Crippen LogP contribution in [-0.4, -0.2) is 33.7 Å². The first kappa shape index (κ1) is 29.6. The zero-order chi connectivity index (χ0) is 16.3. The average Bonchev–Trinajstić information content (AvgIpc) is 2.52. The fourth-order valence-electron chi connectivity index (χ4n) is 3.17. The van der Waals surface area contributed by atoms with Crippen LogP contribution in [0, 0.1) is 0 Å². The molecular formula is C20H46Br2N2. The fourth-order valence-corrected chi connectivity index (χ4v) is 3.17. The molecule has 0 spiro atoms. The van der Waals surface area contributed by atoms with Gasteiger partial charge in [0.15, 0.2) is 0 Å². The van der Waals surface area contributed by atoms with Crippen molar-refractivity contribution in [2.75, 3.05) is 33.7 Å². The molecule has 150 valence electrons. The van der Waals surface area contributed by atoms with Gasteiger partial charge in [0.25, 0.3) is 0 Å². The van der Waals surface area contributed by atoms with E-state index in [-0.39, 0.29) is 34.0 Å². The molecular weight excluding hydrogens is 428 g/mol. The van der Waals surface area contributed by atoms with E-state index in [2.05, 4.69) is 26.3 Å². The number of halogens is 2. The van der Waals surface area contributed by atoms with Gasteiger partial charge in [-0.3, -0.25) is 0 Å². The van der Waals surface area contributed by atoms with E-state index in [4.69, 9.17) is 0 Å². The highest BCUT2D eigenvalue weighted by Gasteiger charge is 2.01. The monoisotopic (exact) mass is 472 g/mol. The summed E-state index contributed by atoms with van der Waals surface area (Å²) in [5.74, 6) is 0. The van der Waals surface area contributed by atoms with E-state index in [0.29, 0.717) is 0 Å². The van der Waals surface area contributed by atoms with Crippen LogP contribution < -0.4 is 44.2 Å². The molecule has 0 aromatic rings. The normalized spacial score (nSPS) is 11.6. The SMILES string of the molecule is CCCCCCCCCCCCCC[NH+](C)CCCC[NH2+]C.[Br-].[Br-]. The van der Waals surface area contributed by atoms with E-state index in [1.54, 1.807) is 4.90 Å². The van der Waals surface area contributed by atoms with Crippen molar-refractivity contribution < 1.29 is 44.2 Å². The Morgan fingerprint density at radius 3 is 1.38 bits per heavy atom. The second kappa shape index (κ2) is 26.1. The van der Waals surface area contributed by atoms with Gasteiger partial charge in [-0.05, 0) is 12.8 Å². The summed E-state index contributed by atoms with van der Waals surface area (Å²) in [5.41, 5.74) is 0. The van der Waals surface area contributed by atoms with Crippen molar-refractivity contribution in [1.82, 2.24) is 0 Å². The lowest BCUT2D eigenvalue weighted by Gasteiger charge is -2.13. The van der Waals surface area contributed by atoms with Crippen LogP contribution in [0.3, 0.4) is 0 Å². The third-order valence-electron chi connectivity index (χ3n) is 4.80. The van der Waals surface area contributed by atoms with Gasteiger partial charge in [-0.25, -0.2) is 0 Å². The van der Waals surface area contributed by atoms with Crippen molar-refractivity contribution in [3.8, 4) is 0 Å². The minimum atomic E-state index is 0. The second-order valence-corrected chi connectivity index (χ2v) is 7.25. The summed E-state index contributed by atoms with van der Waals surface area (Å²) in [7, 11) is 4.54.